The van der Waals surface area contributed by atoms with E-state index in [1.807, 2.05) is 60.7 Å². The zero-order valence-corrected chi connectivity index (χ0v) is 25.8. The van der Waals surface area contributed by atoms with Crippen LogP contribution in [0.15, 0.2) is 84.9 Å². The van der Waals surface area contributed by atoms with Crippen molar-refractivity contribution < 1.29 is 45.3 Å². The van der Waals surface area contributed by atoms with Crippen LogP contribution in [-0.4, -0.2) is 85.6 Å². The van der Waals surface area contributed by atoms with Crippen molar-refractivity contribution in [1.29, 1.82) is 0 Å². The van der Waals surface area contributed by atoms with Crippen molar-refractivity contribution in [3.63, 3.8) is 0 Å². The van der Waals surface area contributed by atoms with Crippen molar-refractivity contribution in [2.45, 2.75) is 25.0 Å². The lowest BCUT2D eigenvalue weighted by Crippen LogP contribution is -3.00. The number of piperidine rings is 3. The first-order valence-corrected chi connectivity index (χ1v) is 14.9. The number of nitrogens with one attached hydrogen (secondary N) is 1. The smallest absolute Gasteiger partial charge is 0.333 e. The number of ether oxygens (including phenoxy) is 2. The summed E-state index contributed by atoms with van der Waals surface area (Å²) in [6.07, 6.45) is 1.63. The second-order valence-corrected chi connectivity index (χ2v) is 11.7. The van der Waals surface area contributed by atoms with Gasteiger partial charge in [-0.1, -0.05) is 60.7 Å². The second kappa shape index (κ2) is 13.8. The number of rotatable bonds is 9. The molecule has 43 heavy (non-hydrogen) atoms. The lowest BCUT2D eigenvalue weighted by Gasteiger charge is -2.51. The summed E-state index contributed by atoms with van der Waals surface area (Å²) < 4.78 is 12.2. The molecule has 1 amide bonds. The molecule has 4 aliphatic rings. The number of nitrogens with zero attached hydrogens (tertiary/aromatic N) is 2. The first-order chi connectivity index (χ1) is 20.5. The molecule has 0 aromatic heterocycles. The third kappa shape index (κ3) is 7.17. The SMILES string of the molecule is O=C(C[N+]12CCC(CC1)[C@@H](OC(=O)[C@H](Nc1ccccc1)c1ccccc1)C2)c1ccc(C(=O)N2CCOCC2)cc1.[Br-]. The molecule has 0 aliphatic carbocycles. The number of Topliss-reactive ketones (excluding diaryl/α,β-unsaturated/α-hetero) is 1. The molecule has 2 bridgehead atoms. The Morgan fingerprint density at radius 3 is 2.12 bits per heavy atom. The molecule has 9 heteroatoms. The van der Waals surface area contributed by atoms with Crippen molar-refractivity contribution in [2.75, 3.05) is 57.8 Å². The van der Waals surface area contributed by atoms with Crippen LogP contribution in [0.25, 0.3) is 0 Å². The van der Waals surface area contributed by atoms with Crippen molar-refractivity contribution >= 4 is 23.3 Å². The van der Waals surface area contributed by atoms with E-state index in [9.17, 15) is 14.4 Å². The summed E-state index contributed by atoms with van der Waals surface area (Å²) in [5.41, 5.74) is 2.90. The summed E-state index contributed by atoms with van der Waals surface area (Å²) in [5.74, 6) is 0.0349. The minimum atomic E-state index is -0.627. The van der Waals surface area contributed by atoms with Crippen LogP contribution in [0, 0.1) is 5.92 Å². The number of ketones is 1. The molecule has 4 heterocycles. The van der Waals surface area contributed by atoms with Crippen LogP contribution < -0.4 is 22.3 Å². The summed E-state index contributed by atoms with van der Waals surface area (Å²) in [5, 5.41) is 3.36. The molecule has 4 fully saturated rings. The number of hydrogen-bond acceptors (Lipinski definition) is 6. The summed E-state index contributed by atoms with van der Waals surface area (Å²) in [4.78, 5) is 41.7. The predicted octanol–water partition coefficient (Wildman–Crippen LogP) is 1.35. The number of morpholine rings is 1. The Bertz CT molecular complexity index is 1390. The minimum Gasteiger partial charge on any atom is -1.00 e. The number of benzene rings is 3. The van der Waals surface area contributed by atoms with Crippen molar-refractivity contribution in [2.24, 2.45) is 5.92 Å². The zero-order valence-electron chi connectivity index (χ0n) is 24.2. The topological polar surface area (TPSA) is 84.9 Å². The van der Waals surface area contributed by atoms with Gasteiger partial charge in [-0.25, -0.2) is 4.79 Å². The number of para-hydroxylation sites is 1. The van der Waals surface area contributed by atoms with E-state index in [0.29, 0.717) is 60.9 Å². The van der Waals surface area contributed by atoms with Crippen LogP contribution in [0.3, 0.4) is 0 Å². The van der Waals surface area contributed by atoms with Gasteiger partial charge in [0.2, 0.25) is 5.78 Å². The van der Waals surface area contributed by atoms with Gasteiger partial charge in [0, 0.05) is 48.7 Å². The van der Waals surface area contributed by atoms with Gasteiger partial charge < -0.3 is 41.2 Å². The fourth-order valence-electron chi connectivity index (χ4n) is 6.56. The molecule has 4 aliphatic heterocycles. The van der Waals surface area contributed by atoms with Gasteiger partial charge in [0.15, 0.2) is 12.1 Å². The molecule has 3 aromatic rings. The van der Waals surface area contributed by atoms with Crippen LogP contribution in [0.1, 0.15) is 45.2 Å². The van der Waals surface area contributed by atoms with E-state index in [-0.39, 0.29) is 40.7 Å². The molecular formula is C34H38BrN3O5. The van der Waals surface area contributed by atoms with E-state index >= 15 is 0 Å². The number of carbonyl (C=O) groups excluding carboxylic acids is 3. The van der Waals surface area contributed by atoms with E-state index in [0.717, 1.165) is 37.2 Å². The maximum absolute atomic E-state index is 13.6. The van der Waals surface area contributed by atoms with Crippen LogP contribution >= 0.6 is 0 Å². The molecule has 3 aromatic carbocycles. The molecule has 7 rings (SSSR count). The monoisotopic (exact) mass is 647 g/mol. The Balaban J connectivity index is 0.00000368. The number of esters is 1. The highest BCUT2D eigenvalue weighted by Crippen LogP contribution is 2.37. The highest BCUT2D eigenvalue weighted by molar-refractivity contribution is 5.99. The van der Waals surface area contributed by atoms with Crippen molar-refractivity contribution in [1.82, 2.24) is 4.90 Å². The maximum Gasteiger partial charge on any atom is 0.333 e. The predicted molar refractivity (Wildman–Crippen MR) is 159 cm³/mol. The van der Waals surface area contributed by atoms with Gasteiger partial charge >= 0.3 is 5.97 Å². The maximum atomic E-state index is 13.6. The average Bonchev–Trinajstić information content (AvgIpc) is 3.05. The number of halogens is 1. The largest absolute Gasteiger partial charge is 1.00 e. The molecule has 226 valence electrons. The van der Waals surface area contributed by atoms with Gasteiger partial charge in [-0.05, 0) is 29.8 Å². The number of carbonyl (C=O) groups is 3. The molecule has 0 saturated carbocycles. The third-order valence-electron chi connectivity index (χ3n) is 8.99. The zero-order chi connectivity index (χ0) is 28.9. The van der Waals surface area contributed by atoms with E-state index in [4.69, 9.17) is 9.47 Å². The lowest BCUT2D eigenvalue weighted by molar-refractivity contribution is -0.938. The Kier molecular flexibility index (Phi) is 9.95. The molecule has 0 radical (unpaired) electrons. The Labute approximate surface area is 263 Å². The quantitative estimate of drug-likeness (QED) is 0.215. The average molecular weight is 649 g/mol. The van der Waals surface area contributed by atoms with Crippen LogP contribution in [0.4, 0.5) is 5.69 Å². The molecule has 4 saturated heterocycles. The van der Waals surface area contributed by atoms with Gasteiger partial charge in [0.25, 0.3) is 5.91 Å². The summed E-state index contributed by atoms with van der Waals surface area (Å²) in [6, 6.07) is 25.7. The van der Waals surface area contributed by atoms with Crippen molar-refractivity contribution in [3.8, 4) is 0 Å². The number of fused-ring (bicyclic) bond motifs is 3. The number of anilines is 1. The van der Waals surface area contributed by atoms with E-state index < -0.39 is 6.04 Å². The number of hydrogen-bond donors (Lipinski definition) is 1. The summed E-state index contributed by atoms with van der Waals surface area (Å²) in [7, 11) is 0. The van der Waals surface area contributed by atoms with Crippen LogP contribution in [0.5, 0.6) is 0 Å². The van der Waals surface area contributed by atoms with E-state index in [1.165, 1.54) is 0 Å². The van der Waals surface area contributed by atoms with Crippen molar-refractivity contribution in [3.05, 3.63) is 102 Å². The molecule has 8 nitrogen and oxygen atoms in total. The van der Waals surface area contributed by atoms with Gasteiger partial charge in [0.1, 0.15) is 13.1 Å². The molecule has 2 atom stereocenters. The standard InChI is InChI=1S/C34H38N3O5.BrH/c38-30(25-11-13-28(14-12-25)33(39)36-17-21-41-22-18-36)23-37-19-15-26(16-20-37)31(24-37)42-34(40)32(27-7-3-1-4-8-27)35-29-9-5-2-6-10-29;/h1-14,26,31-32,35H,15-24H2;1H/q+1;/p-1/t26?,31-,32+,37?;/m0./s1. The van der Waals surface area contributed by atoms with Crippen LogP contribution in [-0.2, 0) is 14.3 Å². The molecule has 0 spiro atoms. The van der Waals surface area contributed by atoms with E-state index in [2.05, 4.69) is 5.32 Å². The Morgan fingerprint density at radius 1 is 0.860 bits per heavy atom. The fraction of sp³-hybridized carbons (Fsp3) is 0.382. The highest BCUT2D eigenvalue weighted by atomic mass is 79.9. The first kappa shape index (κ1) is 30.9. The lowest BCUT2D eigenvalue weighted by atomic mass is 9.82. The highest BCUT2D eigenvalue weighted by Gasteiger charge is 2.49. The number of amides is 1. The Morgan fingerprint density at radius 2 is 1.47 bits per heavy atom. The summed E-state index contributed by atoms with van der Waals surface area (Å²) >= 11 is 0. The van der Waals surface area contributed by atoms with Crippen LogP contribution in [0.2, 0.25) is 0 Å². The molecular weight excluding hydrogens is 610 g/mol. The fourth-order valence-corrected chi connectivity index (χ4v) is 6.56. The molecule has 1 N–H and O–H groups in total. The second-order valence-electron chi connectivity index (χ2n) is 11.7. The summed E-state index contributed by atoms with van der Waals surface area (Å²) in [6.45, 7) is 5.09. The Hall–Kier alpha value is -3.53. The minimum absolute atomic E-state index is 0. The normalized spacial score (nSPS) is 23.5. The van der Waals surface area contributed by atoms with Gasteiger partial charge in [0.05, 0.1) is 26.3 Å². The van der Waals surface area contributed by atoms with E-state index in [1.54, 1.807) is 29.2 Å². The third-order valence-corrected chi connectivity index (χ3v) is 8.99. The van der Waals surface area contributed by atoms with Gasteiger partial charge in [-0.3, -0.25) is 9.59 Å². The number of quaternary nitrogens is 1. The first-order valence-electron chi connectivity index (χ1n) is 14.9. The molecule has 0 unspecified atom stereocenters. The van der Waals surface area contributed by atoms with Gasteiger partial charge in [-0.2, -0.15) is 0 Å². The van der Waals surface area contributed by atoms with Gasteiger partial charge in [-0.15, -0.1) is 0 Å².